The molecule has 0 saturated heterocycles. The second-order valence-electron chi connectivity index (χ2n) is 7.26. The van der Waals surface area contributed by atoms with Crippen LogP contribution in [0, 0.1) is 0 Å². The molecule has 3 aromatic carbocycles. The SMILES string of the molecule is c1ccc(C2=NN(c3ccc(CNn4cnnc4)cc3)[C@H](c3ccccc3)C2)cc1. The molecule has 0 saturated carbocycles. The maximum absolute atomic E-state index is 5.02. The van der Waals surface area contributed by atoms with Gasteiger partial charge in [0, 0.05) is 6.42 Å². The number of hydrazone groups is 1. The molecule has 0 aliphatic carbocycles. The Morgan fingerprint density at radius 2 is 1.47 bits per heavy atom. The summed E-state index contributed by atoms with van der Waals surface area (Å²) in [5.41, 5.74) is 9.06. The summed E-state index contributed by atoms with van der Waals surface area (Å²) in [5, 5.41) is 14.8. The molecule has 0 unspecified atom stereocenters. The third-order valence-electron chi connectivity index (χ3n) is 5.29. The van der Waals surface area contributed by atoms with Crippen LogP contribution in [0.2, 0.25) is 0 Å². The van der Waals surface area contributed by atoms with Gasteiger partial charge in [-0.1, -0.05) is 72.8 Å². The van der Waals surface area contributed by atoms with E-state index in [0.717, 1.165) is 17.8 Å². The van der Waals surface area contributed by atoms with Crippen LogP contribution in [-0.4, -0.2) is 20.6 Å². The highest BCUT2D eigenvalue weighted by atomic mass is 15.5. The van der Waals surface area contributed by atoms with Crippen molar-refractivity contribution in [3.05, 3.63) is 114 Å². The Labute approximate surface area is 175 Å². The highest BCUT2D eigenvalue weighted by Gasteiger charge is 2.29. The lowest BCUT2D eigenvalue weighted by Gasteiger charge is -2.24. The first kappa shape index (κ1) is 18.1. The van der Waals surface area contributed by atoms with Gasteiger partial charge in [0.25, 0.3) is 0 Å². The van der Waals surface area contributed by atoms with E-state index in [1.807, 2.05) is 6.07 Å². The van der Waals surface area contributed by atoms with Crippen molar-refractivity contribution in [2.45, 2.75) is 19.0 Å². The minimum absolute atomic E-state index is 0.183. The Morgan fingerprint density at radius 1 is 0.800 bits per heavy atom. The lowest BCUT2D eigenvalue weighted by molar-refractivity contribution is 0.708. The zero-order valence-electron chi connectivity index (χ0n) is 16.5. The smallest absolute Gasteiger partial charge is 0.138 e. The molecule has 1 aliphatic rings. The molecule has 0 fully saturated rings. The summed E-state index contributed by atoms with van der Waals surface area (Å²) in [6.45, 7) is 0.693. The number of rotatable bonds is 6. The first-order valence-corrected chi connectivity index (χ1v) is 10.0. The predicted octanol–water partition coefficient (Wildman–Crippen LogP) is 4.38. The molecule has 1 aromatic heterocycles. The Kier molecular flexibility index (Phi) is 4.96. The number of nitrogens with one attached hydrogen (secondary N) is 1. The largest absolute Gasteiger partial charge is 0.319 e. The molecule has 30 heavy (non-hydrogen) atoms. The molecular formula is C24H22N6. The van der Waals surface area contributed by atoms with E-state index in [4.69, 9.17) is 5.10 Å². The monoisotopic (exact) mass is 394 g/mol. The minimum Gasteiger partial charge on any atom is -0.319 e. The van der Waals surface area contributed by atoms with Crippen LogP contribution in [0.3, 0.4) is 0 Å². The third-order valence-corrected chi connectivity index (χ3v) is 5.29. The van der Waals surface area contributed by atoms with Crippen LogP contribution in [-0.2, 0) is 6.54 Å². The van der Waals surface area contributed by atoms with E-state index in [-0.39, 0.29) is 6.04 Å². The van der Waals surface area contributed by atoms with Gasteiger partial charge in [0.2, 0.25) is 0 Å². The van der Waals surface area contributed by atoms with Crippen LogP contribution in [0.4, 0.5) is 5.69 Å². The molecule has 6 nitrogen and oxygen atoms in total. The van der Waals surface area contributed by atoms with Gasteiger partial charge in [0.1, 0.15) is 12.7 Å². The zero-order valence-corrected chi connectivity index (χ0v) is 16.5. The van der Waals surface area contributed by atoms with Gasteiger partial charge in [-0.05, 0) is 28.8 Å². The van der Waals surface area contributed by atoms with Gasteiger partial charge in [-0.25, -0.2) is 4.68 Å². The van der Waals surface area contributed by atoms with Gasteiger partial charge in [-0.2, -0.15) is 5.10 Å². The summed E-state index contributed by atoms with van der Waals surface area (Å²) >= 11 is 0. The Bertz CT molecular complexity index is 1110. The van der Waals surface area contributed by atoms with E-state index in [0.29, 0.717) is 6.54 Å². The van der Waals surface area contributed by atoms with E-state index in [2.05, 4.69) is 99.5 Å². The number of hydrogen-bond donors (Lipinski definition) is 1. The molecule has 0 radical (unpaired) electrons. The molecule has 1 atom stereocenters. The lowest BCUT2D eigenvalue weighted by atomic mass is 9.98. The molecule has 0 spiro atoms. The van der Waals surface area contributed by atoms with Gasteiger partial charge >= 0.3 is 0 Å². The molecule has 5 rings (SSSR count). The quantitative estimate of drug-likeness (QED) is 0.527. The van der Waals surface area contributed by atoms with E-state index in [9.17, 15) is 0 Å². The third kappa shape index (κ3) is 3.80. The van der Waals surface area contributed by atoms with Crippen molar-refractivity contribution in [1.82, 2.24) is 14.9 Å². The zero-order chi connectivity index (χ0) is 20.2. The second kappa shape index (κ2) is 8.21. The summed E-state index contributed by atoms with van der Waals surface area (Å²) in [6.07, 6.45) is 4.16. The Morgan fingerprint density at radius 3 is 2.17 bits per heavy atom. The Hall–Kier alpha value is -3.93. The van der Waals surface area contributed by atoms with Gasteiger partial charge < -0.3 is 5.43 Å². The number of aromatic nitrogens is 3. The van der Waals surface area contributed by atoms with Crippen LogP contribution in [0.15, 0.2) is 103 Å². The summed E-state index contributed by atoms with van der Waals surface area (Å²) < 4.78 is 1.75. The fourth-order valence-electron chi connectivity index (χ4n) is 3.72. The summed E-state index contributed by atoms with van der Waals surface area (Å²) in [6, 6.07) is 29.7. The Balaban J connectivity index is 1.41. The second-order valence-corrected chi connectivity index (χ2v) is 7.26. The fraction of sp³-hybridized carbons (Fsp3) is 0.125. The number of nitrogens with zero attached hydrogens (tertiary/aromatic N) is 5. The van der Waals surface area contributed by atoms with Gasteiger partial charge in [-0.3, -0.25) is 5.01 Å². The van der Waals surface area contributed by atoms with Crippen molar-refractivity contribution >= 4 is 11.4 Å². The molecule has 148 valence electrons. The summed E-state index contributed by atoms with van der Waals surface area (Å²) in [4.78, 5) is 0. The van der Waals surface area contributed by atoms with Gasteiger partial charge in [0.05, 0.1) is 24.0 Å². The van der Waals surface area contributed by atoms with E-state index in [1.54, 1.807) is 17.3 Å². The summed E-state index contributed by atoms with van der Waals surface area (Å²) in [7, 11) is 0. The lowest BCUT2D eigenvalue weighted by Crippen LogP contribution is -2.18. The molecule has 2 heterocycles. The normalized spacial score (nSPS) is 15.8. The molecular weight excluding hydrogens is 372 g/mol. The predicted molar refractivity (Wildman–Crippen MR) is 119 cm³/mol. The van der Waals surface area contributed by atoms with Crippen LogP contribution < -0.4 is 10.4 Å². The van der Waals surface area contributed by atoms with Crippen molar-refractivity contribution < 1.29 is 0 Å². The van der Waals surface area contributed by atoms with Crippen LogP contribution in [0.5, 0.6) is 0 Å². The number of benzene rings is 3. The van der Waals surface area contributed by atoms with Crippen molar-refractivity contribution in [3.63, 3.8) is 0 Å². The van der Waals surface area contributed by atoms with Gasteiger partial charge in [0.15, 0.2) is 0 Å². The summed E-state index contributed by atoms with van der Waals surface area (Å²) in [5.74, 6) is 0. The average molecular weight is 394 g/mol. The molecule has 0 bridgehead atoms. The highest BCUT2D eigenvalue weighted by Crippen LogP contribution is 2.36. The average Bonchev–Trinajstić information content (AvgIpc) is 3.50. The van der Waals surface area contributed by atoms with E-state index >= 15 is 0 Å². The van der Waals surface area contributed by atoms with Crippen molar-refractivity contribution in [3.8, 4) is 0 Å². The maximum Gasteiger partial charge on any atom is 0.138 e. The molecule has 1 N–H and O–H groups in total. The van der Waals surface area contributed by atoms with Crippen molar-refractivity contribution in [2.75, 3.05) is 10.4 Å². The fourth-order valence-corrected chi connectivity index (χ4v) is 3.72. The standard InChI is InChI=1S/C24H22N6/c1-3-7-20(8-4-1)23-15-24(21-9-5-2-6-10-21)30(28-23)22-13-11-19(12-14-22)16-27-29-17-25-26-18-29/h1-14,17-18,24,27H,15-16H2/t24-/m0/s1. The molecule has 4 aromatic rings. The molecule has 6 heteroatoms. The first-order valence-electron chi connectivity index (χ1n) is 10.0. The van der Waals surface area contributed by atoms with E-state index in [1.165, 1.54) is 16.7 Å². The van der Waals surface area contributed by atoms with Crippen molar-refractivity contribution in [1.29, 1.82) is 0 Å². The molecule has 1 aliphatic heterocycles. The van der Waals surface area contributed by atoms with Crippen LogP contribution in [0.25, 0.3) is 0 Å². The minimum atomic E-state index is 0.183. The van der Waals surface area contributed by atoms with Crippen LogP contribution in [0.1, 0.15) is 29.2 Å². The van der Waals surface area contributed by atoms with Gasteiger partial charge in [-0.15, -0.1) is 10.2 Å². The first-order chi connectivity index (χ1) is 14.9. The maximum atomic E-state index is 5.02. The highest BCUT2D eigenvalue weighted by molar-refractivity contribution is 6.03. The molecule has 0 amide bonds. The van der Waals surface area contributed by atoms with E-state index < -0.39 is 0 Å². The number of hydrogen-bond acceptors (Lipinski definition) is 5. The van der Waals surface area contributed by atoms with Crippen molar-refractivity contribution in [2.24, 2.45) is 5.10 Å². The topological polar surface area (TPSA) is 58.3 Å². The number of anilines is 1. The van der Waals surface area contributed by atoms with Crippen LogP contribution >= 0.6 is 0 Å².